The van der Waals surface area contributed by atoms with Gasteiger partial charge in [-0.3, -0.25) is 0 Å². The Balaban J connectivity index is 1.65. The molecule has 1 aliphatic rings. The summed E-state index contributed by atoms with van der Waals surface area (Å²) in [4.78, 5) is 9.21. The summed E-state index contributed by atoms with van der Waals surface area (Å²) in [6.45, 7) is 5.48. The van der Waals surface area contributed by atoms with Gasteiger partial charge in [-0.15, -0.1) is 6.58 Å². The van der Waals surface area contributed by atoms with E-state index in [1.165, 1.54) is 0 Å². The van der Waals surface area contributed by atoms with Gasteiger partial charge in [0.2, 0.25) is 5.95 Å². The van der Waals surface area contributed by atoms with Crippen molar-refractivity contribution >= 4 is 17.5 Å². The van der Waals surface area contributed by atoms with Gasteiger partial charge in [0.25, 0.3) is 0 Å². The molecule has 2 N–H and O–H groups in total. The first-order valence-corrected chi connectivity index (χ1v) is 8.78. The van der Waals surface area contributed by atoms with Gasteiger partial charge in [-0.2, -0.15) is 4.98 Å². The van der Waals surface area contributed by atoms with Crippen molar-refractivity contribution in [1.82, 2.24) is 9.97 Å². The molecule has 0 saturated heterocycles. The predicted molar refractivity (Wildman–Crippen MR) is 107 cm³/mol. The third-order valence-corrected chi connectivity index (χ3v) is 4.02. The lowest BCUT2D eigenvalue weighted by molar-refractivity contribution is 0.171. The quantitative estimate of drug-likeness (QED) is 0.640. The van der Waals surface area contributed by atoms with Gasteiger partial charge in [0.15, 0.2) is 11.5 Å². The van der Waals surface area contributed by atoms with Crippen LogP contribution in [-0.4, -0.2) is 29.7 Å². The van der Waals surface area contributed by atoms with Crippen LogP contribution in [-0.2, 0) is 0 Å². The molecule has 0 aliphatic carbocycles. The monoisotopic (exact) mass is 360 g/mol. The van der Waals surface area contributed by atoms with Crippen LogP contribution in [0.2, 0.25) is 0 Å². The normalized spacial score (nSPS) is 12.3. The van der Waals surface area contributed by atoms with Crippen molar-refractivity contribution in [2.45, 2.75) is 0 Å². The van der Waals surface area contributed by atoms with E-state index in [0.29, 0.717) is 25.7 Å². The lowest BCUT2D eigenvalue weighted by atomic mass is 10.1. The zero-order valence-corrected chi connectivity index (χ0v) is 14.8. The minimum absolute atomic E-state index is 0.500. The number of hydrogen-bond acceptors (Lipinski definition) is 6. The molecule has 0 spiro atoms. The molecule has 0 amide bonds. The summed E-state index contributed by atoms with van der Waals surface area (Å²) in [7, 11) is 0. The van der Waals surface area contributed by atoms with E-state index >= 15 is 0 Å². The Morgan fingerprint density at radius 3 is 2.59 bits per heavy atom. The average molecular weight is 360 g/mol. The van der Waals surface area contributed by atoms with Gasteiger partial charge >= 0.3 is 0 Å². The molecule has 0 fully saturated rings. The Bertz CT molecular complexity index is 944. The van der Waals surface area contributed by atoms with Crippen molar-refractivity contribution in [1.29, 1.82) is 0 Å². The maximum atomic E-state index is 5.64. The van der Waals surface area contributed by atoms with Crippen molar-refractivity contribution < 1.29 is 9.47 Å². The predicted octanol–water partition coefficient (Wildman–Crippen LogP) is 4.26. The van der Waals surface area contributed by atoms with Gasteiger partial charge in [0.1, 0.15) is 19.0 Å². The number of nitrogens with one attached hydrogen (secondary N) is 2. The molecule has 6 nitrogen and oxygen atoms in total. The zero-order valence-electron chi connectivity index (χ0n) is 14.8. The number of anilines is 3. The number of aromatic nitrogens is 2. The lowest BCUT2D eigenvalue weighted by Crippen LogP contribution is -2.15. The van der Waals surface area contributed by atoms with Crippen molar-refractivity contribution in [2.24, 2.45) is 0 Å². The van der Waals surface area contributed by atoms with E-state index in [9.17, 15) is 0 Å². The molecule has 1 aliphatic heterocycles. The van der Waals surface area contributed by atoms with Crippen molar-refractivity contribution in [2.75, 3.05) is 30.4 Å². The second-order valence-electron chi connectivity index (χ2n) is 5.98. The Labute approximate surface area is 157 Å². The highest BCUT2D eigenvalue weighted by molar-refractivity contribution is 5.67. The molecule has 2 heterocycles. The van der Waals surface area contributed by atoms with E-state index in [1.54, 1.807) is 6.08 Å². The number of benzene rings is 2. The molecule has 3 aromatic rings. The second kappa shape index (κ2) is 7.78. The first kappa shape index (κ1) is 16.9. The highest BCUT2D eigenvalue weighted by Crippen LogP contribution is 2.33. The summed E-state index contributed by atoms with van der Waals surface area (Å²) < 4.78 is 11.2. The molecule has 1 aromatic heterocycles. The van der Waals surface area contributed by atoms with Crippen molar-refractivity contribution in [3.05, 3.63) is 67.3 Å². The summed E-state index contributed by atoms with van der Waals surface area (Å²) in [5.41, 5.74) is 2.68. The maximum absolute atomic E-state index is 5.64. The van der Waals surface area contributed by atoms with E-state index in [4.69, 9.17) is 9.47 Å². The standard InChI is InChI=1S/C21H20N4O2/c1-2-10-22-20-14-17(15-6-4-3-5-7-15)24-21(25-20)23-16-8-9-18-19(13-16)27-12-11-26-18/h2-9,13-14H,1,10-12H2,(H2,22,23,24,25). The zero-order chi connectivity index (χ0) is 18.5. The Hall–Kier alpha value is -3.54. The fourth-order valence-corrected chi connectivity index (χ4v) is 2.78. The minimum atomic E-state index is 0.500. The van der Waals surface area contributed by atoms with Gasteiger partial charge in [-0.1, -0.05) is 36.4 Å². The van der Waals surface area contributed by atoms with Gasteiger partial charge in [-0.25, -0.2) is 4.98 Å². The fraction of sp³-hybridized carbons (Fsp3) is 0.143. The van der Waals surface area contributed by atoms with Gasteiger partial charge in [0.05, 0.1) is 5.69 Å². The maximum Gasteiger partial charge on any atom is 0.229 e. The molecule has 0 unspecified atom stereocenters. The van der Waals surface area contributed by atoms with E-state index in [-0.39, 0.29) is 0 Å². The van der Waals surface area contributed by atoms with Crippen LogP contribution in [0.15, 0.2) is 67.3 Å². The number of fused-ring (bicyclic) bond motifs is 1. The van der Waals surface area contributed by atoms with Gasteiger partial charge in [-0.05, 0) is 12.1 Å². The van der Waals surface area contributed by atoms with Gasteiger partial charge in [0, 0.05) is 29.9 Å². The Kier molecular flexibility index (Phi) is 4.87. The highest BCUT2D eigenvalue weighted by atomic mass is 16.6. The van der Waals surface area contributed by atoms with Crippen LogP contribution in [0.3, 0.4) is 0 Å². The molecule has 4 rings (SSSR count). The molecule has 27 heavy (non-hydrogen) atoms. The van der Waals surface area contributed by atoms with Crippen LogP contribution < -0.4 is 20.1 Å². The lowest BCUT2D eigenvalue weighted by Gasteiger charge is -2.19. The highest BCUT2D eigenvalue weighted by Gasteiger charge is 2.13. The summed E-state index contributed by atoms with van der Waals surface area (Å²) in [5.74, 6) is 2.69. The largest absolute Gasteiger partial charge is 0.486 e. The Morgan fingerprint density at radius 2 is 1.78 bits per heavy atom. The molecule has 0 atom stereocenters. The third-order valence-electron chi connectivity index (χ3n) is 4.02. The minimum Gasteiger partial charge on any atom is -0.486 e. The van der Waals surface area contributed by atoms with Crippen LogP contribution in [0.1, 0.15) is 0 Å². The van der Waals surface area contributed by atoms with Crippen molar-refractivity contribution in [3.8, 4) is 22.8 Å². The van der Waals surface area contributed by atoms with Crippen LogP contribution in [0.5, 0.6) is 11.5 Å². The van der Waals surface area contributed by atoms with Crippen molar-refractivity contribution in [3.63, 3.8) is 0 Å². The smallest absolute Gasteiger partial charge is 0.229 e. The van der Waals surface area contributed by atoms with Crippen LogP contribution in [0.4, 0.5) is 17.5 Å². The summed E-state index contributed by atoms with van der Waals surface area (Å²) in [6.07, 6.45) is 1.79. The van der Waals surface area contributed by atoms with Crippen LogP contribution >= 0.6 is 0 Å². The van der Waals surface area contributed by atoms with Crippen LogP contribution in [0, 0.1) is 0 Å². The number of ether oxygens (including phenoxy) is 2. The topological polar surface area (TPSA) is 68.3 Å². The van der Waals surface area contributed by atoms with Crippen LogP contribution in [0.25, 0.3) is 11.3 Å². The van der Waals surface area contributed by atoms with E-state index in [2.05, 4.69) is 27.2 Å². The SMILES string of the molecule is C=CCNc1cc(-c2ccccc2)nc(Nc2ccc3c(c2)OCCO3)n1. The van der Waals surface area contributed by atoms with E-state index in [1.807, 2.05) is 54.6 Å². The molecular formula is C21H20N4O2. The molecule has 136 valence electrons. The third kappa shape index (κ3) is 4.00. The first-order chi connectivity index (χ1) is 13.3. The molecular weight excluding hydrogens is 340 g/mol. The van der Waals surface area contributed by atoms with E-state index < -0.39 is 0 Å². The molecule has 0 radical (unpaired) electrons. The summed E-state index contributed by atoms with van der Waals surface area (Å²) >= 11 is 0. The number of hydrogen-bond donors (Lipinski definition) is 2. The Morgan fingerprint density at radius 1 is 0.963 bits per heavy atom. The number of nitrogens with zero attached hydrogens (tertiary/aromatic N) is 2. The molecule has 0 saturated carbocycles. The fourth-order valence-electron chi connectivity index (χ4n) is 2.78. The molecule has 2 aromatic carbocycles. The summed E-state index contributed by atoms with van der Waals surface area (Å²) in [5, 5.41) is 6.48. The van der Waals surface area contributed by atoms with E-state index in [0.717, 1.165) is 34.3 Å². The number of rotatable bonds is 6. The molecule has 0 bridgehead atoms. The first-order valence-electron chi connectivity index (χ1n) is 8.78. The molecule has 6 heteroatoms. The second-order valence-corrected chi connectivity index (χ2v) is 5.98. The van der Waals surface area contributed by atoms with Gasteiger partial charge < -0.3 is 20.1 Å². The average Bonchev–Trinajstić information content (AvgIpc) is 2.72. The summed E-state index contributed by atoms with van der Waals surface area (Å²) in [6, 6.07) is 17.6.